The second kappa shape index (κ2) is 7.86. The van der Waals surface area contributed by atoms with Gasteiger partial charge in [0.05, 0.1) is 16.9 Å². The average Bonchev–Trinajstić information content (AvgIpc) is 2.66. The molecule has 0 bridgehead atoms. The number of hydrogen-bond acceptors (Lipinski definition) is 5. The van der Waals surface area contributed by atoms with Crippen LogP contribution < -0.4 is 15.0 Å². The highest BCUT2D eigenvalue weighted by atomic mass is 16.5. The van der Waals surface area contributed by atoms with Crippen LogP contribution in [0.4, 0.5) is 5.69 Å². The van der Waals surface area contributed by atoms with Crippen LogP contribution >= 0.6 is 0 Å². The molecule has 1 aliphatic rings. The highest BCUT2D eigenvalue weighted by molar-refractivity contribution is 5.98. The van der Waals surface area contributed by atoms with Crippen molar-refractivity contribution in [2.24, 2.45) is 0 Å². The summed E-state index contributed by atoms with van der Waals surface area (Å²) >= 11 is 0. The molecule has 0 unspecified atom stereocenters. The first-order valence-corrected chi connectivity index (χ1v) is 8.48. The van der Waals surface area contributed by atoms with E-state index in [9.17, 15) is 14.4 Å². The molecule has 0 saturated carbocycles. The number of nitrogens with zero attached hydrogens (tertiary/aromatic N) is 2. The number of carbonyl (C=O) groups is 3. The van der Waals surface area contributed by atoms with Crippen molar-refractivity contribution in [3.63, 3.8) is 0 Å². The normalized spacial score (nSPS) is 12.9. The Hall–Kier alpha value is -3.42. The molecule has 0 fully saturated rings. The number of benzene rings is 1. The number of carboxylic acids is 1. The van der Waals surface area contributed by atoms with Crippen molar-refractivity contribution < 1.29 is 24.2 Å². The van der Waals surface area contributed by atoms with E-state index >= 15 is 0 Å². The Bertz CT molecular complexity index is 897. The number of anilines is 1. The van der Waals surface area contributed by atoms with Crippen LogP contribution in [0.15, 0.2) is 36.4 Å². The smallest absolute Gasteiger partial charge is 0.337 e. The molecule has 27 heavy (non-hydrogen) atoms. The van der Waals surface area contributed by atoms with Crippen molar-refractivity contribution >= 4 is 23.5 Å². The monoisotopic (exact) mass is 369 g/mol. The standard InChI is InChI=1S/C19H19N3O5/c1-12-13(19(25)26)7-8-14(21-12)18(24)20-9-4-10-22-15-5-2-3-6-16(15)27-11-17(22)23/h2-3,5-8H,4,9-11H2,1H3,(H,20,24)(H,25,26). The molecule has 0 radical (unpaired) electrons. The molecule has 8 heteroatoms. The maximum absolute atomic E-state index is 12.2. The highest BCUT2D eigenvalue weighted by Crippen LogP contribution is 2.31. The van der Waals surface area contributed by atoms with Crippen molar-refractivity contribution in [3.05, 3.63) is 53.3 Å². The molecule has 0 saturated heterocycles. The van der Waals surface area contributed by atoms with Gasteiger partial charge in [-0.1, -0.05) is 12.1 Å². The molecular formula is C19H19N3O5. The van der Waals surface area contributed by atoms with E-state index in [1.807, 2.05) is 24.3 Å². The molecule has 1 aromatic heterocycles. The molecule has 2 amide bonds. The molecule has 0 spiro atoms. The number of fused-ring (bicyclic) bond motifs is 1. The Morgan fingerprint density at radius 3 is 2.78 bits per heavy atom. The van der Waals surface area contributed by atoms with E-state index in [1.165, 1.54) is 12.1 Å². The van der Waals surface area contributed by atoms with Gasteiger partial charge in [0.15, 0.2) is 6.61 Å². The number of aromatic carboxylic acids is 1. The zero-order valence-corrected chi connectivity index (χ0v) is 14.8. The summed E-state index contributed by atoms with van der Waals surface area (Å²) in [4.78, 5) is 40.9. The molecule has 2 aromatic rings. The molecule has 1 aliphatic heterocycles. The Morgan fingerprint density at radius 1 is 1.26 bits per heavy atom. The minimum absolute atomic E-state index is 0.00248. The lowest BCUT2D eigenvalue weighted by atomic mass is 10.2. The molecule has 140 valence electrons. The van der Waals surface area contributed by atoms with Gasteiger partial charge in [0.1, 0.15) is 11.4 Å². The summed E-state index contributed by atoms with van der Waals surface area (Å²) < 4.78 is 5.39. The summed E-state index contributed by atoms with van der Waals surface area (Å²) in [5.41, 5.74) is 1.23. The number of rotatable bonds is 6. The topological polar surface area (TPSA) is 109 Å². The van der Waals surface area contributed by atoms with Gasteiger partial charge in [-0.15, -0.1) is 0 Å². The van der Waals surface area contributed by atoms with E-state index < -0.39 is 5.97 Å². The number of aromatic nitrogens is 1. The highest BCUT2D eigenvalue weighted by Gasteiger charge is 2.24. The van der Waals surface area contributed by atoms with Crippen LogP contribution in [-0.2, 0) is 4.79 Å². The van der Waals surface area contributed by atoms with Gasteiger partial charge in [0.2, 0.25) is 0 Å². The van der Waals surface area contributed by atoms with Crippen molar-refractivity contribution in [3.8, 4) is 5.75 Å². The van der Waals surface area contributed by atoms with E-state index in [2.05, 4.69) is 10.3 Å². The van der Waals surface area contributed by atoms with Gasteiger partial charge < -0.3 is 20.1 Å². The Labute approximate surface area is 155 Å². The maximum Gasteiger partial charge on any atom is 0.337 e. The van der Waals surface area contributed by atoms with E-state index in [-0.39, 0.29) is 35.4 Å². The van der Waals surface area contributed by atoms with Crippen molar-refractivity contribution in [1.82, 2.24) is 10.3 Å². The summed E-state index contributed by atoms with van der Waals surface area (Å²) in [6, 6.07) is 10.1. The lowest BCUT2D eigenvalue weighted by Crippen LogP contribution is -2.40. The molecule has 0 aliphatic carbocycles. The van der Waals surface area contributed by atoms with Gasteiger partial charge in [0, 0.05) is 13.1 Å². The van der Waals surface area contributed by atoms with Crippen molar-refractivity contribution in [2.75, 3.05) is 24.6 Å². The van der Waals surface area contributed by atoms with E-state index in [4.69, 9.17) is 9.84 Å². The zero-order valence-electron chi connectivity index (χ0n) is 14.8. The Morgan fingerprint density at radius 2 is 2.04 bits per heavy atom. The summed E-state index contributed by atoms with van der Waals surface area (Å²) in [5.74, 6) is -0.924. The summed E-state index contributed by atoms with van der Waals surface area (Å²) in [5, 5.41) is 11.7. The Kier molecular flexibility index (Phi) is 5.35. The van der Waals surface area contributed by atoms with E-state index in [1.54, 1.807) is 11.8 Å². The minimum atomic E-state index is -1.08. The minimum Gasteiger partial charge on any atom is -0.482 e. The largest absolute Gasteiger partial charge is 0.482 e. The van der Waals surface area contributed by atoms with Crippen LogP contribution in [-0.4, -0.2) is 47.6 Å². The fourth-order valence-electron chi connectivity index (χ4n) is 2.84. The number of hydrogen-bond donors (Lipinski definition) is 2. The first-order chi connectivity index (χ1) is 13.0. The summed E-state index contributed by atoms with van der Waals surface area (Å²) in [6.07, 6.45) is 0.554. The van der Waals surface area contributed by atoms with Gasteiger partial charge in [-0.2, -0.15) is 0 Å². The lowest BCUT2D eigenvalue weighted by molar-refractivity contribution is -0.121. The summed E-state index contributed by atoms with van der Waals surface area (Å²) in [6.45, 7) is 2.35. The first kappa shape index (κ1) is 18.4. The van der Waals surface area contributed by atoms with Gasteiger partial charge in [-0.05, 0) is 37.6 Å². The number of amides is 2. The molecule has 0 atom stereocenters. The molecule has 2 heterocycles. The quantitative estimate of drug-likeness (QED) is 0.749. The number of para-hydroxylation sites is 2. The number of nitrogens with one attached hydrogen (secondary N) is 1. The second-order valence-corrected chi connectivity index (χ2v) is 6.05. The molecule has 2 N–H and O–H groups in total. The number of pyridine rings is 1. The number of ether oxygens (including phenoxy) is 1. The van der Waals surface area contributed by atoms with Gasteiger partial charge >= 0.3 is 5.97 Å². The van der Waals surface area contributed by atoms with Gasteiger partial charge in [-0.3, -0.25) is 9.59 Å². The number of carbonyl (C=O) groups excluding carboxylic acids is 2. The second-order valence-electron chi connectivity index (χ2n) is 6.05. The van der Waals surface area contributed by atoms with Crippen LogP contribution in [0.5, 0.6) is 5.75 Å². The first-order valence-electron chi connectivity index (χ1n) is 8.48. The van der Waals surface area contributed by atoms with Gasteiger partial charge in [0.25, 0.3) is 11.8 Å². The molecule has 3 rings (SSSR count). The maximum atomic E-state index is 12.2. The third kappa shape index (κ3) is 4.05. The fraction of sp³-hybridized carbons (Fsp3) is 0.263. The number of carboxylic acid groups (broad SMARTS) is 1. The summed E-state index contributed by atoms with van der Waals surface area (Å²) in [7, 11) is 0. The van der Waals surface area contributed by atoms with Crippen LogP contribution in [0.2, 0.25) is 0 Å². The van der Waals surface area contributed by atoms with Crippen LogP contribution in [0, 0.1) is 6.92 Å². The Balaban J connectivity index is 1.55. The van der Waals surface area contributed by atoms with E-state index in [0.29, 0.717) is 25.3 Å². The third-order valence-electron chi connectivity index (χ3n) is 4.20. The molecular weight excluding hydrogens is 350 g/mol. The predicted molar refractivity (Wildman–Crippen MR) is 97.2 cm³/mol. The number of aryl methyl sites for hydroxylation is 1. The molecule has 8 nitrogen and oxygen atoms in total. The SMILES string of the molecule is Cc1nc(C(=O)NCCCN2C(=O)COc3ccccc32)ccc1C(=O)O. The van der Waals surface area contributed by atoms with Crippen molar-refractivity contribution in [1.29, 1.82) is 0 Å². The average molecular weight is 369 g/mol. The van der Waals surface area contributed by atoms with E-state index in [0.717, 1.165) is 5.69 Å². The zero-order chi connectivity index (χ0) is 19.4. The fourth-order valence-corrected chi connectivity index (χ4v) is 2.84. The lowest BCUT2D eigenvalue weighted by Gasteiger charge is -2.29. The van der Waals surface area contributed by atoms with Crippen molar-refractivity contribution in [2.45, 2.75) is 13.3 Å². The van der Waals surface area contributed by atoms with Gasteiger partial charge in [-0.25, -0.2) is 9.78 Å². The molecule has 1 aromatic carbocycles. The van der Waals surface area contributed by atoms with Crippen LogP contribution in [0.25, 0.3) is 0 Å². The predicted octanol–water partition coefficient (Wildman–Crippen LogP) is 1.63. The third-order valence-corrected chi connectivity index (χ3v) is 4.20. The van der Waals surface area contributed by atoms with Crippen LogP contribution in [0.1, 0.15) is 33.0 Å². The van der Waals surface area contributed by atoms with Crippen LogP contribution in [0.3, 0.4) is 0 Å².